The van der Waals surface area contributed by atoms with Gasteiger partial charge in [0, 0.05) is 6.42 Å². The van der Waals surface area contributed by atoms with E-state index in [1.807, 2.05) is 0 Å². The van der Waals surface area contributed by atoms with Crippen LogP contribution in [0.5, 0.6) is 0 Å². The Labute approximate surface area is 109 Å². The highest BCUT2D eigenvalue weighted by Gasteiger charge is 2.40. The minimum Gasteiger partial charge on any atom is -0.402 e. The van der Waals surface area contributed by atoms with Crippen molar-refractivity contribution < 1.29 is 19.1 Å². The first-order chi connectivity index (χ1) is 8.41. The first-order valence-electron chi connectivity index (χ1n) is 5.13. The molecule has 0 bridgehead atoms. The minimum atomic E-state index is -1.71. The van der Waals surface area contributed by atoms with Crippen molar-refractivity contribution in [1.29, 1.82) is 0 Å². The molecule has 0 radical (unpaired) electrons. The van der Waals surface area contributed by atoms with E-state index in [0.717, 1.165) is 0 Å². The molecule has 0 heterocycles. The van der Waals surface area contributed by atoms with Gasteiger partial charge in [0.15, 0.2) is 0 Å². The van der Waals surface area contributed by atoms with E-state index in [-0.39, 0.29) is 11.4 Å². The Kier molecular flexibility index (Phi) is 4.38. The Morgan fingerprint density at radius 1 is 1.22 bits per heavy atom. The number of carbonyl (C=O) groups is 2. The number of nitrogens with two attached hydrogens (primary N) is 2. The molecule has 1 rings (SSSR count). The van der Waals surface area contributed by atoms with E-state index in [2.05, 4.69) is 0 Å². The molecule has 0 aliphatic rings. The summed E-state index contributed by atoms with van der Waals surface area (Å²) in [6.07, 6.45) is -2.08. The third-order valence-electron chi connectivity index (χ3n) is 2.28. The molecular weight excluding hydrogens is 260 g/mol. The van der Waals surface area contributed by atoms with Crippen molar-refractivity contribution in [2.75, 3.05) is 0 Å². The van der Waals surface area contributed by atoms with Gasteiger partial charge in [-0.25, -0.2) is 9.59 Å². The zero-order valence-electron chi connectivity index (χ0n) is 9.68. The summed E-state index contributed by atoms with van der Waals surface area (Å²) in [7, 11) is 0. The second kappa shape index (κ2) is 5.59. The molecule has 0 aliphatic carbocycles. The third kappa shape index (κ3) is 3.04. The molecule has 0 unspecified atom stereocenters. The quantitative estimate of drug-likeness (QED) is 0.819. The Balaban J connectivity index is 3.29. The van der Waals surface area contributed by atoms with Crippen molar-refractivity contribution in [1.82, 2.24) is 0 Å². The number of primary amides is 2. The van der Waals surface area contributed by atoms with Crippen molar-refractivity contribution >= 4 is 23.8 Å². The van der Waals surface area contributed by atoms with Crippen LogP contribution >= 0.6 is 11.6 Å². The standard InChI is InChI=1S/C11H13ClN2O4/c1-2-11(17-9(13)15,18-10(14)16)7-5-3-4-6-8(7)12/h3-6H,2H2,1H3,(H2,13,15)(H2,14,16). The fourth-order valence-electron chi connectivity index (χ4n) is 1.56. The average Bonchev–Trinajstić information content (AvgIpc) is 2.27. The molecule has 2 amide bonds. The Morgan fingerprint density at radius 3 is 2.11 bits per heavy atom. The predicted molar refractivity (Wildman–Crippen MR) is 64.8 cm³/mol. The molecule has 0 saturated carbocycles. The number of ether oxygens (including phenoxy) is 2. The van der Waals surface area contributed by atoms with Crippen LogP contribution in [0.15, 0.2) is 24.3 Å². The lowest BCUT2D eigenvalue weighted by molar-refractivity contribution is -0.168. The first-order valence-corrected chi connectivity index (χ1v) is 5.51. The second-order valence-corrected chi connectivity index (χ2v) is 3.84. The van der Waals surface area contributed by atoms with Crippen molar-refractivity contribution in [3.05, 3.63) is 34.9 Å². The summed E-state index contributed by atoms with van der Waals surface area (Å²) in [6.45, 7) is 1.63. The Bertz CT molecular complexity index is 448. The SMILES string of the molecule is CCC(OC(N)=O)(OC(N)=O)c1ccccc1Cl. The minimum absolute atomic E-state index is 0.114. The van der Waals surface area contributed by atoms with Crippen LogP contribution in [-0.2, 0) is 15.3 Å². The zero-order chi connectivity index (χ0) is 13.8. The molecule has 6 nitrogen and oxygen atoms in total. The number of benzene rings is 1. The molecular formula is C11H13ClN2O4. The van der Waals surface area contributed by atoms with Gasteiger partial charge in [0.25, 0.3) is 5.79 Å². The highest BCUT2D eigenvalue weighted by Crippen LogP contribution is 2.35. The summed E-state index contributed by atoms with van der Waals surface area (Å²) in [5, 5.41) is 0.266. The highest BCUT2D eigenvalue weighted by atomic mass is 35.5. The summed E-state index contributed by atoms with van der Waals surface area (Å²) < 4.78 is 9.79. The predicted octanol–water partition coefficient (Wildman–Crippen LogP) is 2.09. The van der Waals surface area contributed by atoms with Gasteiger partial charge in [0.1, 0.15) is 0 Å². The highest BCUT2D eigenvalue weighted by molar-refractivity contribution is 6.31. The van der Waals surface area contributed by atoms with Crippen LogP contribution in [0.2, 0.25) is 5.02 Å². The molecule has 18 heavy (non-hydrogen) atoms. The normalized spacial score (nSPS) is 10.8. The molecule has 0 aliphatic heterocycles. The van der Waals surface area contributed by atoms with Crippen molar-refractivity contribution in [2.45, 2.75) is 19.1 Å². The summed E-state index contributed by atoms with van der Waals surface area (Å²) in [5.74, 6) is -1.71. The summed E-state index contributed by atoms with van der Waals surface area (Å²) in [5.41, 5.74) is 10.3. The monoisotopic (exact) mass is 272 g/mol. The van der Waals surface area contributed by atoms with Crippen molar-refractivity contribution in [2.24, 2.45) is 11.5 Å². The maximum atomic E-state index is 11.0. The molecule has 1 aromatic rings. The molecule has 1 aromatic carbocycles. The summed E-state index contributed by atoms with van der Waals surface area (Å²) in [4.78, 5) is 21.9. The molecule has 98 valence electrons. The molecule has 0 saturated heterocycles. The molecule has 4 N–H and O–H groups in total. The molecule has 0 fully saturated rings. The van der Waals surface area contributed by atoms with Gasteiger partial charge in [0.05, 0.1) is 10.6 Å². The molecule has 0 atom stereocenters. The maximum absolute atomic E-state index is 11.0. The first kappa shape index (κ1) is 14.1. The van der Waals surface area contributed by atoms with E-state index < -0.39 is 18.0 Å². The summed E-state index contributed by atoms with van der Waals surface area (Å²) >= 11 is 5.99. The van der Waals surface area contributed by atoms with E-state index in [1.54, 1.807) is 31.2 Å². The topological polar surface area (TPSA) is 105 Å². The fourth-order valence-corrected chi connectivity index (χ4v) is 1.84. The smallest absolute Gasteiger partial charge is 0.402 e. The third-order valence-corrected chi connectivity index (χ3v) is 2.61. The lowest BCUT2D eigenvalue weighted by Gasteiger charge is -2.31. The number of hydrogen-bond acceptors (Lipinski definition) is 4. The van der Waals surface area contributed by atoms with E-state index in [9.17, 15) is 9.59 Å². The van der Waals surface area contributed by atoms with Crippen LogP contribution in [-0.4, -0.2) is 12.2 Å². The van der Waals surface area contributed by atoms with E-state index in [0.29, 0.717) is 5.56 Å². The fraction of sp³-hybridized carbons (Fsp3) is 0.273. The van der Waals surface area contributed by atoms with Gasteiger partial charge in [-0.15, -0.1) is 0 Å². The molecule has 0 spiro atoms. The number of carbonyl (C=O) groups excluding carboxylic acids is 2. The van der Waals surface area contributed by atoms with Crippen LogP contribution in [0.3, 0.4) is 0 Å². The lowest BCUT2D eigenvalue weighted by Crippen LogP contribution is -2.40. The number of amides is 2. The number of hydrogen-bond donors (Lipinski definition) is 2. The average molecular weight is 273 g/mol. The Morgan fingerprint density at radius 2 is 1.72 bits per heavy atom. The van der Waals surface area contributed by atoms with Gasteiger partial charge in [-0.05, 0) is 12.1 Å². The molecule has 0 aromatic heterocycles. The summed E-state index contributed by atoms with van der Waals surface area (Å²) in [6, 6.07) is 6.45. The van der Waals surface area contributed by atoms with Crippen LogP contribution < -0.4 is 11.5 Å². The van der Waals surface area contributed by atoms with Gasteiger partial charge in [-0.3, -0.25) is 0 Å². The van der Waals surface area contributed by atoms with E-state index >= 15 is 0 Å². The second-order valence-electron chi connectivity index (χ2n) is 3.43. The zero-order valence-corrected chi connectivity index (χ0v) is 10.4. The van der Waals surface area contributed by atoms with Crippen LogP contribution in [0.25, 0.3) is 0 Å². The van der Waals surface area contributed by atoms with Crippen LogP contribution in [0.4, 0.5) is 9.59 Å². The van der Waals surface area contributed by atoms with E-state index in [1.165, 1.54) is 0 Å². The maximum Gasteiger partial charge on any atom is 0.408 e. The number of rotatable bonds is 4. The van der Waals surface area contributed by atoms with Gasteiger partial charge in [-0.2, -0.15) is 0 Å². The van der Waals surface area contributed by atoms with Crippen molar-refractivity contribution in [3.63, 3.8) is 0 Å². The largest absolute Gasteiger partial charge is 0.408 e. The van der Waals surface area contributed by atoms with Crippen LogP contribution in [0, 0.1) is 0 Å². The van der Waals surface area contributed by atoms with Gasteiger partial charge in [0.2, 0.25) is 0 Å². The molecule has 7 heteroatoms. The number of halogens is 1. The lowest BCUT2D eigenvalue weighted by atomic mass is 10.0. The van der Waals surface area contributed by atoms with Gasteiger partial charge in [-0.1, -0.05) is 30.7 Å². The van der Waals surface area contributed by atoms with E-state index in [4.69, 9.17) is 32.5 Å². The van der Waals surface area contributed by atoms with Gasteiger partial charge >= 0.3 is 12.2 Å². The van der Waals surface area contributed by atoms with Gasteiger partial charge < -0.3 is 20.9 Å². The van der Waals surface area contributed by atoms with Crippen LogP contribution in [0.1, 0.15) is 18.9 Å². The van der Waals surface area contributed by atoms with Crippen molar-refractivity contribution in [3.8, 4) is 0 Å². The Hall–Kier alpha value is -1.95.